The molecule has 1 aliphatic rings. The lowest BCUT2D eigenvalue weighted by molar-refractivity contribution is 0.0700. The number of rotatable bonds is 5. The Bertz CT molecular complexity index is 621. The molecule has 2 aromatic rings. The molecular weight excluding hydrogens is 278 g/mol. The van der Waals surface area contributed by atoms with Crippen molar-refractivity contribution in [1.82, 2.24) is 14.5 Å². The summed E-state index contributed by atoms with van der Waals surface area (Å²) in [7, 11) is 3.81. The fourth-order valence-electron chi connectivity index (χ4n) is 3.10. The molecule has 0 bridgehead atoms. The van der Waals surface area contributed by atoms with Gasteiger partial charge in [0.25, 0.3) is 0 Å². The first kappa shape index (κ1) is 15.2. The monoisotopic (exact) mass is 301 g/mol. The summed E-state index contributed by atoms with van der Waals surface area (Å²) in [6.45, 7) is 2.54. The van der Waals surface area contributed by atoms with Crippen molar-refractivity contribution in [3.05, 3.63) is 53.1 Å². The van der Waals surface area contributed by atoms with E-state index < -0.39 is 0 Å². The Balaban J connectivity index is 1.78. The SMILES string of the molecule is COCC1Cc2c(ncn2C)CN1Cc1ccc(CO)cc1. The van der Waals surface area contributed by atoms with Gasteiger partial charge >= 0.3 is 0 Å². The smallest absolute Gasteiger partial charge is 0.0949 e. The topological polar surface area (TPSA) is 50.5 Å². The summed E-state index contributed by atoms with van der Waals surface area (Å²) in [5.74, 6) is 0. The van der Waals surface area contributed by atoms with Gasteiger partial charge in [0.05, 0.1) is 25.2 Å². The van der Waals surface area contributed by atoms with Crippen LogP contribution >= 0.6 is 0 Å². The average Bonchev–Trinajstić information content (AvgIpc) is 2.89. The summed E-state index contributed by atoms with van der Waals surface area (Å²) < 4.78 is 7.53. The van der Waals surface area contributed by atoms with E-state index in [4.69, 9.17) is 9.84 Å². The van der Waals surface area contributed by atoms with E-state index in [2.05, 4.69) is 33.6 Å². The molecular formula is C17H23N3O2. The van der Waals surface area contributed by atoms with Crippen LogP contribution < -0.4 is 0 Å². The number of fused-ring (bicyclic) bond motifs is 1. The second-order valence-electron chi connectivity index (χ2n) is 5.94. The molecule has 2 heterocycles. The Hall–Kier alpha value is -1.69. The number of aliphatic hydroxyl groups excluding tert-OH is 1. The predicted octanol–water partition coefficient (Wildman–Crippen LogP) is 1.49. The van der Waals surface area contributed by atoms with Crippen molar-refractivity contribution in [3.63, 3.8) is 0 Å². The van der Waals surface area contributed by atoms with Gasteiger partial charge in [-0.1, -0.05) is 24.3 Å². The van der Waals surface area contributed by atoms with E-state index in [1.54, 1.807) is 7.11 Å². The molecule has 1 aliphatic heterocycles. The standard InChI is InChI=1S/C17H23N3O2/c1-19-12-18-16-9-20(15(11-22-2)7-17(16)19)8-13-3-5-14(10-21)6-4-13/h3-6,12,15,21H,7-11H2,1-2H3. The van der Waals surface area contributed by atoms with Gasteiger partial charge in [0.1, 0.15) is 0 Å². The summed E-state index contributed by atoms with van der Waals surface area (Å²) in [6, 6.07) is 8.51. The number of hydrogen-bond donors (Lipinski definition) is 1. The van der Waals surface area contributed by atoms with Crippen molar-refractivity contribution in [3.8, 4) is 0 Å². The van der Waals surface area contributed by atoms with Gasteiger partial charge in [-0.05, 0) is 11.1 Å². The van der Waals surface area contributed by atoms with Gasteiger partial charge in [0.2, 0.25) is 0 Å². The van der Waals surface area contributed by atoms with E-state index in [-0.39, 0.29) is 6.61 Å². The summed E-state index contributed by atoms with van der Waals surface area (Å²) in [4.78, 5) is 6.94. The van der Waals surface area contributed by atoms with Crippen LogP contribution in [0, 0.1) is 0 Å². The number of ether oxygens (including phenoxy) is 1. The summed E-state index contributed by atoms with van der Waals surface area (Å²) in [6.07, 6.45) is 2.86. The zero-order valence-corrected chi connectivity index (χ0v) is 13.2. The molecule has 0 aliphatic carbocycles. The molecule has 0 saturated carbocycles. The van der Waals surface area contributed by atoms with Gasteiger partial charge < -0.3 is 14.4 Å². The highest BCUT2D eigenvalue weighted by Gasteiger charge is 2.28. The Morgan fingerprint density at radius 3 is 2.68 bits per heavy atom. The Labute approximate surface area is 131 Å². The number of aryl methyl sites for hydroxylation is 1. The van der Waals surface area contributed by atoms with Crippen LogP contribution in [0.4, 0.5) is 0 Å². The van der Waals surface area contributed by atoms with Crippen molar-refractivity contribution in [2.45, 2.75) is 32.2 Å². The van der Waals surface area contributed by atoms with E-state index in [1.165, 1.54) is 17.0 Å². The number of aromatic nitrogens is 2. The van der Waals surface area contributed by atoms with Crippen molar-refractivity contribution in [2.75, 3.05) is 13.7 Å². The maximum atomic E-state index is 9.14. The molecule has 118 valence electrons. The third kappa shape index (κ3) is 3.06. The summed E-state index contributed by atoms with van der Waals surface area (Å²) in [5, 5.41) is 9.14. The maximum Gasteiger partial charge on any atom is 0.0949 e. The van der Waals surface area contributed by atoms with Crippen molar-refractivity contribution < 1.29 is 9.84 Å². The Morgan fingerprint density at radius 2 is 2.00 bits per heavy atom. The lowest BCUT2D eigenvalue weighted by Crippen LogP contribution is -2.43. The second kappa shape index (κ2) is 6.60. The van der Waals surface area contributed by atoms with Crippen LogP contribution in [-0.2, 0) is 37.9 Å². The fourth-order valence-corrected chi connectivity index (χ4v) is 3.10. The minimum Gasteiger partial charge on any atom is -0.392 e. The summed E-state index contributed by atoms with van der Waals surface area (Å²) in [5.41, 5.74) is 4.68. The molecule has 0 saturated heterocycles. The Kier molecular flexibility index (Phi) is 4.57. The van der Waals surface area contributed by atoms with Gasteiger partial charge in [-0.15, -0.1) is 0 Å². The normalized spacial score (nSPS) is 18.4. The zero-order valence-electron chi connectivity index (χ0n) is 13.2. The second-order valence-corrected chi connectivity index (χ2v) is 5.94. The number of aliphatic hydroxyl groups is 1. The van der Waals surface area contributed by atoms with E-state index in [9.17, 15) is 0 Å². The molecule has 0 fully saturated rings. The summed E-state index contributed by atoms with van der Waals surface area (Å²) >= 11 is 0. The highest BCUT2D eigenvalue weighted by Crippen LogP contribution is 2.24. The third-order valence-corrected chi connectivity index (χ3v) is 4.39. The largest absolute Gasteiger partial charge is 0.392 e. The van der Waals surface area contributed by atoms with Crippen LogP contribution in [-0.4, -0.2) is 39.3 Å². The molecule has 0 radical (unpaired) electrons. The highest BCUT2D eigenvalue weighted by molar-refractivity contribution is 5.23. The quantitative estimate of drug-likeness (QED) is 0.909. The molecule has 0 spiro atoms. The molecule has 1 aromatic carbocycles. The van der Waals surface area contributed by atoms with Gasteiger partial charge in [-0.2, -0.15) is 0 Å². The lowest BCUT2D eigenvalue weighted by atomic mass is 10.0. The van der Waals surface area contributed by atoms with Gasteiger partial charge in [0, 0.05) is 45.4 Å². The molecule has 1 atom stereocenters. The van der Waals surface area contributed by atoms with Crippen LogP contribution in [0.25, 0.3) is 0 Å². The molecule has 3 rings (SSSR count). The number of imidazole rings is 1. The first-order chi connectivity index (χ1) is 10.7. The number of hydrogen-bond acceptors (Lipinski definition) is 4. The average molecular weight is 301 g/mol. The van der Waals surface area contributed by atoms with Crippen LogP contribution in [0.5, 0.6) is 0 Å². The lowest BCUT2D eigenvalue weighted by Gasteiger charge is -2.35. The van der Waals surface area contributed by atoms with Crippen LogP contribution in [0.2, 0.25) is 0 Å². The predicted molar refractivity (Wildman–Crippen MR) is 84.2 cm³/mol. The van der Waals surface area contributed by atoms with Crippen molar-refractivity contribution >= 4 is 0 Å². The molecule has 5 nitrogen and oxygen atoms in total. The molecule has 1 N–H and O–H groups in total. The third-order valence-electron chi connectivity index (χ3n) is 4.39. The molecule has 22 heavy (non-hydrogen) atoms. The maximum absolute atomic E-state index is 9.14. The van der Waals surface area contributed by atoms with Gasteiger partial charge in [-0.3, -0.25) is 4.90 Å². The zero-order chi connectivity index (χ0) is 15.5. The number of methoxy groups -OCH3 is 1. The first-order valence-corrected chi connectivity index (χ1v) is 7.62. The van der Waals surface area contributed by atoms with Crippen LogP contribution in [0.1, 0.15) is 22.5 Å². The highest BCUT2D eigenvalue weighted by atomic mass is 16.5. The molecule has 0 amide bonds. The number of benzene rings is 1. The molecule has 1 unspecified atom stereocenters. The molecule has 5 heteroatoms. The Morgan fingerprint density at radius 1 is 1.27 bits per heavy atom. The van der Waals surface area contributed by atoms with Crippen LogP contribution in [0.15, 0.2) is 30.6 Å². The van der Waals surface area contributed by atoms with E-state index in [0.29, 0.717) is 6.04 Å². The number of nitrogens with zero attached hydrogens (tertiary/aromatic N) is 3. The van der Waals surface area contributed by atoms with Crippen molar-refractivity contribution in [1.29, 1.82) is 0 Å². The van der Waals surface area contributed by atoms with E-state index >= 15 is 0 Å². The van der Waals surface area contributed by atoms with Crippen molar-refractivity contribution in [2.24, 2.45) is 7.05 Å². The fraction of sp³-hybridized carbons (Fsp3) is 0.471. The van der Waals surface area contributed by atoms with E-state index in [0.717, 1.165) is 31.7 Å². The van der Waals surface area contributed by atoms with Gasteiger partial charge in [0.15, 0.2) is 0 Å². The minimum atomic E-state index is 0.0909. The first-order valence-electron chi connectivity index (χ1n) is 7.62. The van der Waals surface area contributed by atoms with Gasteiger partial charge in [-0.25, -0.2) is 4.98 Å². The minimum absolute atomic E-state index is 0.0909. The molecule has 1 aromatic heterocycles. The van der Waals surface area contributed by atoms with E-state index in [1.807, 2.05) is 18.5 Å². The van der Waals surface area contributed by atoms with Crippen LogP contribution in [0.3, 0.4) is 0 Å².